The van der Waals surface area contributed by atoms with Crippen LogP contribution in [0.1, 0.15) is 0 Å². The van der Waals surface area contributed by atoms with Crippen LogP contribution in [0, 0.1) is 0 Å². The quantitative estimate of drug-likeness (QED) is 0.941. The zero-order valence-corrected chi connectivity index (χ0v) is 11.6. The van der Waals surface area contributed by atoms with Gasteiger partial charge in [-0.25, -0.2) is 4.98 Å². The molecule has 0 aromatic carbocycles. The van der Waals surface area contributed by atoms with Gasteiger partial charge in [-0.05, 0) is 6.07 Å². The minimum Gasteiger partial charge on any atom is -0.372 e. The van der Waals surface area contributed by atoms with E-state index in [-0.39, 0.29) is 0 Å². The molecule has 2 aromatic rings. The van der Waals surface area contributed by atoms with E-state index in [1.54, 1.807) is 24.0 Å². The van der Waals surface area contributed by atoms with Crippen molar-refractivity contribution < 1.29 is 0 Å². The standard InChI is InChI=1S/C10H10Cl2N4S/c1-13-9-7(11)3-8(12)10(15-9)17-6-4-14-16(2)5-6/h3-5H,1-2H3,(H,13,15). The Kier molecular flexibility index (Phi) is 3.81. The Bertz CT molecular complexity index is 541. The van der Waals surface area contributed by atoms with Crippen molar-refractivity contribution in [2.24, 2.45) is 7.05 Å². The molecule has 17 heavy (non-hydrogen) atoms. The smallest absolute Gasteiger partial charge is 0.146 e. The predicted molar refractivity (Wildman–Crippen MR) is 71.1 cm³/mol. The molecule has 0 unspecified atom stereocenters. The Morgan fingerprint density at radius 3 is 2.71 bits per heavy atom. The van der Waals surface area contributed by atoms with Crippen LogP contribution in [0.15, 0.2) is 28.4 Å². The maximum absolute atomic E-state index is 6.09. The van der Waals surface area contributed by atoms with E-state index in [1.807, 2.05) is 13.2 Å². The number of pyridine rings is 1. The molecule has 2 rings (SSSR count). The summed E-state index contributed by atoms with van der Waals surface area (Å²) in [5.74, 6) is 0.613. The molecule has 0 fully saturated rings. The third kappa shape index (κ3) is 2.86. The number of hydrogen-bond donors (Lipinski definition) is 1. The summed E-state index contributed by atoms with van der Waals surface area (Å²) in [5.41, 5.74) is 0. The van der Waals surface area contributed by atoms with E-state index in [9.17, 15) is 0 Å². The Balaban J connectivity index is 2.32. The average Bonchev–Trinajstić information content (AvgIpc) is 2.68. The maximum atomic E-state index is 6.09. The van der Waals surface area contributed by atoms with Crippen LogP contribution in [0.25, 0.3) is 0 Å². The number of aromatic nitrogens is 3. The minimum absolute atomic E-state index is 0.507. The fourth-order valence-electron chi connectivity index (χ4n) is 1.26. The summed E-state index contributed by atoms with van der Waals surface area (Å²) in [6.45, 7) is 0. The second kappa shape index (κ2) is 5.16. The molecule has 0 aliphatic carbocycles. The summed E-state index contributed by atoms with van der Waals surface area (Å²) < 4.78 is 1.73. The summed E-state index contributed by atoms with van der Waals surface area (Å²) in [5, 5.41) is 8.74. The van der Waals surface area contributed by atoms with Crippen molar-refractivity contribution >= 4 is 40.8 Å². The van der Waals surface area contributed by atoms with Crippen LogP contribution in [0.2, 0.25) is 10.0 Å². The first-order valence-electron chi connectivity index (χ1n) is 4.80. The molecule has 0 amide bonds. The predicted octanol–water partition coefficient (Wildman–Crippen LogP) is 3.31. The van der Waals surface area contributed by atoms with E-state index in [2.05, 4.69) is 15.4 Å². The molecule has 0 spiro atoms. The third-order valence-corrected chi connectivity index (χ3v) is 3.67. The Morgan fingerprint density at radius 1 is 1.35 bits per heavy atom. The SMILES string of the molecule is CNc1nc(Sc2cnn(C)c2)c(Cl)cc1Cl. The zero-order valence-electron chi connectivity index (χ0n) is 9.24. The summed E-state index contributed by atoms with van der Waals surface area (Å²) in [6.07, 6.45) is 3.66. The molecule has 0 aliphatic rings. The molecule has 2 heterocycles. The molecule has 0 saturated carbocycles. The molecule has 0 bridgehead atoms. The molecule has 2 aromatic heterocycles. The lowest BCUT2D eigenvalue weighted by Gasteiger charge is -2.06. The highest BCUT2D eigenvalue weighted by atomic mass is 35.5. The second-order valence-corrected chi connectivity index (χ2v) is 5.18. The van der Waals surface area contributed by atoms with E-state index >= 15 is 0 Å². The maximum Gasteiger partial charge on any atom is 0.146 e. The van der Waals surface area contributed by atoms with Gasteiger partial charge in [0.2, 0.25) is 0 Å². The van der Waals surface area contributed by atoms with Gasteiger partial charge in [-0.3, -0.25) is 4.68 Å². The van der Waals surface area contributed by atoms with Crippen molar-refractivity contribution in [1.82, 2.24) is 14.8 Å². The molecule has 0 radical (unpaired) electrons. The highest BCUT2D eigenvalue weighted by Gasteiger charge is 2.10. The normalized spacial score (nSPS) is 10.6. The highest BCUT2D eigenvalue weighted by molar-refractivity contribution is 7.99. The van der Waals surface area contributed by atoms with Crippen LogP contribution in [-0.2, 0) is 7.05 Å². The van der Waals surface area contributed by atoms with Crippen LogP contribution in [0.3, 0.4) is 0 Å². The van der Waals surface area contributed by atoms with E-state index < -0.39 is 0 Å². The first-order valence-corrected chi connectivity index (χ1v) is 6.37. The topological polar surface area (TPSA) is 42.7 Å². The first-order chi connectivity index (χ1) is 8.10. The second-order valence-electron chi connectivity index (χ2n) is 3.31. The van der Waals surface area contributed by atoms with Crippen LogP contribution >= 0.6 is 35.0 Å². The van der Waals surface area contributed by atoms with E-state index in [0.29, 0.717) is 20.9 Å². The number of hydrogen-bond acceptors (Lipinski definition) is 4. The van der Waals surface area contributed by atoms with Gasteiger partial charge in [0.15, 0.2) is 0 Å². The van der Waals surface area contributed by atoms with Crippen molar-refractivity contribution in [3.8, 4) is 0 Å². The molecule has 1 N–H and O–H groups in total. The lowest BCUT2D eigenvalue weighted by Crippen LogP contribution is -1.95. The molecule has 0 saturated heterocycles. The van der Waals surface area contributed by atoms with Gasteiger partial charge >= 0.3 is 0 Å². The van der Waals surface area contributed by atoms with Gasteiger partial charge in [-0.15, -0.1) is 0 Å². The fourth-order valence-corrected chi connectivity index (χ4v) is 2.65. The monoisotopic (exact) mass is 288 g/mol. The number of nitrogens with zero attached hydrogens (tertiary/aromatic N) is 3. The van der Waals surface area contributed by atoms with Crippen molar-refractivity contribution in [1.29, 1.82) is 0 Å². The van der Waals surface area contributed by atoms with Crippen LogP contribution in [0.5, 0.6) is 0 Å². The van der Waals surface area contributed by atoms with Gasteiger partial charge in [-0.1, -0.05) is 35.0 Å². The Morgan fingerprint density at radius 2 is 2.12 bits per heavy atom. The summed E-state index contributed by atoms with van der Waals surface area (Å²) in [4.78, 5) is 5.32. The highest BCUT2D eigenvalue weighted by Crippen LogP contribution is 2.35. The molecule has 4 nitrogen and oxygen atoms in total. The third-order valence-electron chi connectivity index (χ3n) is 2.03. The fraction of sp³-hybridized carbons (Fsp3) is 0.200. The largest absolute Gasteiger partial charge is 0.372 e. The van der Waals surface area contributed by atoms with E-state index in [1.165, 1.54) is 11.8 Å². The van der Waals surface area contributed by atoms with Crippen molar-refractivity contribution in [3.05, 3.63) is 28.5 Å². The number of rotatable bonds is 3. The van der Waals surface area contributed by atoms with Gasteiger partial charge in [-0.2, -0.15) is 5.10 Å². The molecule has 90 valence electrons. The van der Waals surface area contributed by atoms with Crippen LogP contribution < -0.4 is 5.32 Å². The molecule has 0 aliphatic heterocycles. The summed E-state index contributed by atoms with van der Waals surface area (Å²) >= 11 is 13.5. The lowest BCUT2D eigenvalue weighted by molar-refractivity contribution is 0.766. The lowest BCUT2D eigenvalue weighted by atomic mass is 10.4. The molecular weight excluding hydrogens is 279 g/mol. The minimum atomic E-state index is 0.507. The Labute approximate surface area is 113 Å². The number of halogens is 2. The van der Waals surface area contributed by atoms with Crippen LogP contribution in [0.4, 0.5) is 5.82 Å². The zero-order chi connectivity index (χ0) is 12.4. The molecule has 7 heteroatoms. The number of anilines is 1. The van der Waals surface area contributed by atoms with E-state index in [0.717, 1.165) is 4.90 Å². The molecular formula is C10H10Cl2N4S. The molecule has 0 atom stereocenters. The summed E-state index contributed by atoms with van der Waals surface area (Å²) in [6, 6.07) is 1.68. The number of nitrogens with one attached hydrogen (secondary N) is 1. The number of aryl methyl sites for hydroxylation is 1. The van der Waals surface area contributed by atoms with Gasteiger partial charge in [0.1, 0.15) is 10.8 Å². The Hall–Kier alpha value is -0.910. The average molecular weight is 289 g/mol. The summed E-state index contributed by atoms with van der Waals surface area (Å²) in [7, 11) is 3.63. The van der Waals surface area contributed by atoms with Gasteiger partial charge in [0.05, 0.1) is 21.1 Å². The van der Waals surface area contributed by atoms with Crippen molar-refractivity contribution in [2.75, 3.05) is 12.4 Å². The first kappa shape index (κ1) is 12.5. The van der Waals surface area contributed by atoms with Crippen molar-refractivity contribution in [2.45, 2.75) is 9.92 Å². The van der Waals surface area contributed by atoms with Gasteiger partial charge in [0.25, 0.3) is 0 Å². The van der Waals surface area contributed by atoms with Crippen molar-refractivity contribution in [3.63, 3.8) is 0 Å². The van der Waals surface area contributed by atoms with Crippen LogP contribution in [-0.4, -0.2) is 21.8 Å². The van der Waals surface area contributed by atoms with Gasteiger partial charge in [0, 0.05) is 20.3 Å². The van der Waals surface area contributed by atoms with E-state index in [4.69, 9.17) is 23.2 Å². The van der Waals surface area contributed by atoms with Gasteiger partial charge < -0.3 is 5.32 Å².